The topological polar surface area (TPSA) is 164 Å². The lowest BCUT2D eigenvalue weighted by Gasteiger charge is -2.49. The Labute approximate surface area is 160 Å². The van der Waals surface area contributed by atoms with Crippen molar-refractivity contribution in [1.82, 2.24) is 15.2 Å². The Kier molecular flexibility index (Phi) is 5.43. The second kappa shape index (κ2) is 7.62. The molecule has 3 heterocycles. The van der Waals surface area contributed by atoms with Crippen molar-refractivity contribution < 1.29 is 24.2 Å². The van der Waals surface area contributed by atoms with Gasteiger partial charge in [-0.3, -0.25) is 14.5 Å². The minimum atomic E-state index is -1.44. The number of amides is 2. The highest BCUT2D eigenvalue weighted by Gasteiger charge is 2.54. The summed E-state index contributed by atoms with van der Waals surface area (Å²) >= 11 is 2.36. The van der Waals surface area contributed by atoms with Gasteiger partial charge in [0.15, 0.2) is 5.13 Å². The van der Waals surface area contributed by atoms with E-state index < -0.39 is 35.2 Å². The molecule has 1 aromatic rings. The third-order valence-corrected chi connectivity index (χ3v) is 6.07. The molecule has 1 fully saturated rings. The Hall–Kier alpha value is -2.51. The lowest BCUT2D eigenvalue weighted by Crippen LogP contribution is -2.70. The fourth-order valence-corrected chi connectivity index (χ4v) is 4.77. The molecular weight excluding hydrogens is 398 g/mol. The Morgan fingerprint density at radius 3 is 2.89 bits per heavy atom. The number of nitrogens with two attached hydrogens (primary N) is 1. The number of aliphatic carboxylic acids is 1. The summed E-state index contributed by atoms with van der Waals surface area (Å²) in [5.74, 6) is -2.27. The van der Waals surface area contributed by atoms with Crippen LogP contribution in [-0.2, 0) is 19.1 Å². The number of hydrogen-bond donors (Lipinski definition) is 3. The summed E-state index contributed by atoms with van der Waals surface area (Å²) in [6, 6.07) is -2.39. The quantitative estimate of drug-likeness (QED) is 0.409. The van der Waals surface area contributed by atoms with Crippen LogP contribution in [0.15, 0.2) is 21.8 Å². The van der Waals surface area contributed by atoms with Crippen molar-refractivity contribution in [2.24, 2.45) is 5.18 Å². The van der Waals surface area contributed by atoms with Gasteiger partial charge in [0.25, 0.3) is 11.8 Å². The number of carbonyl (C=O) groups excluding carboxylic acids is 2. The van der Waals surface area contributed by atoms with E-state index in [9.17, 15) is 24.4 Å². The molecule has 0 aromatic carbocycles. The third-order valence-electron chi connectivity index (χ3n) is 4.04. The van der Waals surface area contributed by atoms with E-state index in [1.807, 2.05) is 0 Å². The van der Waals surface area contributed by atoms with Gasteiger partial charge in [-0.25, -0.2) is 9.78 Å². The first-order valence-electron chi connectivity index (χ1n) is 7.61. The van der Waals surface area contributed by atoms with Crippen LogP contribution in [-0.4, -0.2) is 63.7 Å². The number of fused-ring (bicyclic) bond motifs is 1. The van der Waals surface area contributed by atoms with Gasteiger partial charge in [-0.1, -0.05) is 0 Å². The van der Waals surface area contributed by atoms with Crippen LogP contribution in [0.5, 0.6) is 0 Å². The minimum Gasteiger partial charge on any atom is -0.477 e. The number of β-lactam (4-membered cyclic amide) rings is 1. The van der Waals surface area contributed by atoms with E-state index >= 15 is 0 Å². The minimum absolute atomic E-state index is 0.0878. The molecule has 3 rings (SSSR count). The lowest BCUT2D eigenvalue weighted by atomic mass is 10.0. The molecule has 2 amide bonds. The second-order valence-electron chi connectivity index (χ2n) is 5.70. The Bertz CT molecular complexity index is 840. The number of carbonyl (C=O) groups is 3. The number of methoxy groups -OCH3 is 1. The molecule has 144 valence electrons. The number of nitrogens with zero attached hydrogens (tertiary/aromatic N) is 3. The first-order valence-corrected chi connectivity index (χ1v) is 9.54. The molecule has 2 aliphatic heterocycles. The van der Waals surface area contributed by atoms with Crippen LogP contribution in [0.1, 0.15) is 11.7 Å². The molecule has 3 atom stereocenters. The van der Waals surface area contributed by atoms with E-state index in [4.69, 9.17) is 10.5 Å². The van der Waals surface area contributed by atoms with Crippen LogP contribution in [0.4, 0.5) is 5.13 Å². The molecule has 11 nitrogen and oxygen atoms in total. The Balaban J connectivity index is 1.75. The molecular formula is C14H15N5O6S2. The molecule has 0 radical (unpaired) electrons. The van der Waals surface area contributed by atoms with Crippen LogP contribution >= 0.6 is 23.1 Å². The van der Waals surface area contributed by atoms with Crippen LogP contribution in [0, 0.1) is 4.91 Å². The largest absolute Gasteiger partial charge is 0.477 e. The summed E-state index contributed by atoms with van der Waals surface area (Å²) in [6.07, 6.45) is 0. The normalized spacial score (nSPS) is 22.7. The standard InChI is InChI=1S/C14H15N5O6S2/c1-25-2-5-3-26-12-8(11(21)19(12)9(5)13(22)23)17-10(20)7(18-24)6-4-27-14(15)16-6/h4,7-8,12H,2-3H2,1H3,(H2,15,16)(H,17,20)(H,22,23). The lowest BCUT2D eigenvalue weighted by molar-refractivity contribution is -0.151. The first-order chi connectivity index (χ1) is 12.9. The molecule has 0 spiro atoms. The van der Waals surface area contributed by atoms with E-state index in [2.05, 4.69) is 15.5 Å². The molecule has 27 heavy (non-hydrogen) atoms. The van der Waals surface area contributed by atoms with Gasteiger partial charge in [-0.2, -0.15) is 0 Å². The molecule has 1 aromatic heterocycles. The monoisotopic (exact) mass is 413 g/mol. The van der Waals surface area contributed by atoms with Crippen molar-refractivity contribution in [1.29, 1.82) is 0 Å². The average Bonchev–Trinajstić information content (AvgIpc) is 3.05. The molecule has 13 heteroatoms. The van der Waals surface area contributed by atoms with Gasteiger partial charge in [-0.15, -0.1) is 28.0 Å². The molecule has 1 saturated heterocycles. The van der Waals surface area contributed by atoms with Crippen molar-refractivity contribution in [3.63, 3.8) is 0 Å². The SMILES string of the molecule is COCC1=C(C(=O)O)N2C(=O)C(NC(=O)C(N=O)c3csc(N)n3)C2SC1. The molecule has 2 aliphatic rings. The number of thiazole rings is 1. The predicted octanol–water partition coefficient (Wildman–Crippen LogP) is -0.0822. The van der Waals surface area contributed by atoms with Gasteiger partial charge in [0.1, 0.15) is 17.1 Å². The molecule has 0 bridgehead atoms. The number of aromatic nitrogens is 1. The van der Waals surface area contributed by atoms with E-state index in [-0.39, 0.29) is 23.1 Å². The summed E-state index contributed by atoms with van der Waals surface area (Å²) < 4.78 is 4.99. The van der Waals surface area contributed by atoms with Crippen molar-refractivity contribution in [3.8, 4) is 0 Å². The van der Waals surface area contributed by atoms with E-state index in [1.165, 1.54) is 24.3 Å². The second-order valence-corrected chi connectivity index (χ2v) is 7.70. The zero-order chi connectivity index (χ0) is 19.7. The molecule has 0 aliphatic carbocycles. The molecule has 3 unspecified atom stereocenters. The summed E-state index contributed by atoms with van der Waals surface area (Å²) in [4.78, 5) is 52.5. The average molecular weight is 413 g/mol. The van der Waals surface area contributed by atoms with Gasteiger partial charge >= 0.3 is 5.97 Å². The molecule has 0 saturated carbocycles. The number of thioether (sulfide) groups is 1. The fourth-order valence-electron chi connectivity index (χ4n) is 2.86. The van der Waals surface area contributed by atoms with E-state index in [1.54, 1.807) is 0 Å². The fraction of sp³-hybridized carbons (Fsp3) is 0.429. The van der Waals surface area contributed by atoms with Crippen LogP contribution < -0.4 is 11.1 Å². The van der Waals surface area contributed by atoms with Crippen molar-refractivity contribution in [2.45, 2.75) is 17.5 Å². The maximum absolute atomic E-state index is 12.5. The van der Waals surface area contributed by atoms with Crippen LogP contribution in [0.25, 0.3) is 0 Å². The number of carboxylic acids is 1. The van der Waals surface area contributed by atoms with Crippen molar-refractivity contribution in [2.75, 3.05) is 25.2 Å². The van der Waals surface area contributed by atoms with Crippen molar-refractivity contribution >= 4 is 46.0 Å². The highest BCUT2D eigenvalue weighted by Crippen LogP contribution is 2.40. The van der Waals surface area contributed by atoms with Crippen molar-refractivity contribution in [3.05, 3.63) is 27.3 Å². The van der Waals surface area contributed by atoms with E-state index in [0.717, 1.165) is 16.2 Å². The van der Waals surface area contributed by atoms with Gasteiger partial charge < -0.3 is 20.9 Å². The maximum atomic E-state index is 12.5. The number of ether oxygens (including phenoxy) is 1. The van der Waals surface area contributed by atoms with Gasteiger partial charge in [0.05, 0.1) is 12.3 Å². The summed E-state index contributed by atoms with van der Waals surface area (Å²) in [5.41, 5.74) is 5.94. The number of rotatable bonds is 7. The molecule has 4 N–H and O–H groups in total. The number of nitroso groups, excluding NO2 is 1. The van der Waals surface area contributed by atoms with Crippen LogP contribution in [0.3, 0.4) is 0 Å². The third kappa shape index (κ3) is 3.40. The van der Waals surface area contributed by atoms with Gasteiger partial charge in [0, 0.05) is 18.2 Å². The highest BCUT2D eigenvalue weighted by atomic mass is 32.2. The summed E-state index contributed by atoms with van der Waals surface area (Å²) in [6.45, 7) is 0.0878. The summed E-state index contributed by atoms with van der Waals surface area (Å²) in [5, 5.41) is 15.7. The first kappa shape index (κ1) is 19.3. The van der Waals surface area contributed by atoms with E-state index in [0.29, 0.717) is 11.3 Å². The number of nitrogens with one attached hydrogen (secondary N) is 1. The Morgan fingerprint density at radius 2 is 2.33 bits per heavy atom. The van der Waals surface area contributed by atoms with Gasteiger partial charge in [0.2, 0.25) is 6.04 Å². The predicted molar refractivity (Wildman–Crippen MR) is 96.6 cm³/mol. The Morgan fingerprint density at radius 1 is 1.59 bits per heavy atom. The number of anilines is 1. The highest BCUT2D eigenvalue weighted by molar-refractivity contribution is 8.00. The zero-order valence-corrected chi connectivity index (χ0v) is 15.6. The zero-order valence-electron chi connectivity index (χ0n) is 13.9. The van der Waals surface area contributed by atoms with Gasteiger partial charge in [-0.05, 0) is 10.7 Å². The number of hydrogen-bond acceptors (Lipinski definition) is 10. The smallest absolute Gasteiger partial charge is 0.352 e. The maximum Gasteiger partial charge on any atom is 0.352 e. The number of nitrogen functional groups attached to an aromatic ring is 1. The summed E-state index contributed by atoms with van der Waals surface area (Å²) in [7, 11) is 1.43. The van der Waals surface area contributed by atoms with Crippen LogP contribution in [0.2, 0.25) is 0 Å². The number of carboxylic acid groups (broad SMARTS) is 1.